The standard InChI is InChI=1S/C10H19NO2/c1-7(2)5-9(10(12)13)6-8(3)11-4/h7,9H,5-6H2,1-4H3,(H,12,13)/t9-/m0/s1. The molecule has 0 heterocycles. The van der Waals surface area contributed by atoms with Crippen molar-refractivity contribution in [1.29, 1.82) is 0 Å². The third-order valence-corrected chi connectivity index (χ3v) is 2.03. The van der Waals surface area contributed by atoms with Crippen LogP contribution in [0.15, 0.2) is 4.99 Å². The summed E-state index contributed by atoms with van der Waals surface area (Å²) >= 11 is 0. The van der Waals surface area contributed by atoms with Gasteiger partial charge in [-0.25, -0.2) is 0 Å². The van der Waals surface area contributed by atoms with Crippen molar-refractivity contribution in [3.05, 3.63) is 0 Å². The lowest BCUT2D eigenvalue weighted by Gasteiger charge is -2.13. The van der Waals surface area contributed by atoms with Gasteiger partial charge in [-0.1, -0.05) is 13.8 Å². The molecule has 0 spiro atoms. The Morgan fingerprint density at radius 3 is 2.31 bits per heavy atom. The van der Waals surface area contributed by atoms with Gasteiger partial charge in [0.05, 0.1) is 5.92 Å². The van der Waals surface area contributed by atoms with E-state index in [1.54, 1.807) is 7.05 Å². The number of hydrogen-bond donors (Lipinski definition) is 1. The van der Waals surface area contributed by atoms with Crippen molar-refractivity contribution >= 4 is 11.7 Å². The first-order chi connectivity index (χ1) is 5.97. The van der Waals surface area contributed by atoms with Crippen LogP contribution in [0.3, 0.4) is 0 Å². The first-order valence-corrected chi connectivity index (χ1v) is 4.62. The normalized spacial score (nSPS) is 14.7. The molecule has 0 aliphatic heterocycles. The Kier molecular flexibility index (Phi) is 5.35. The average Bonchev–Trinajstić information content (AvgIpc) is 2.02. The van der Waals surface area contributed by atoms with E-state index in [1.165, 1.54) is 0 Å². The highest BCUT2D eigenvalue weighted by Gasteiger charge is 2.19. The highest BCUT2D eigenvalue weighted by Crippen LogP contribution is 2.16. The Morgan fingerprint density at radius 1 is 1.46 bits per heavy atom. The van der Waals surface area contributed by atoms with E-state index in [0.717, 1.165) is 12.1 Å². The highest BCUT2D eigenvalue weighted by molar-refractivity contribution is 5.86. The number of hydrogen-bond acceptors (Lipinski definition) is 2. The second kappa shape index (κ2) is 5.73. The number of aliphatic carboxylic acids is 1. The van der Waals surface area contributed by atoms with Gasteiger partial charge in [-0.3, -0.25) is 9.79 Å². The topological polar surface area (TPSA) is 49.7 Å². The van der Waals surface area contributed by atoms with E-state index in [1.807, 2.05) is 20.8 Å². The molecule has 3 heteroatoms. The molecule has 0 unspecified atom stereocenters. The molecule has 0 radical (unpaired) electrons. The van der Waals surface area contributed by atoms with Crippen LogP contribution in [0.25, 0.3) is 0 Å². The molecule has 0 rings (SSSR count). The molecule has 0 saturated heterocycles. The van der Waals surface area contributed by atoms with Gasteiger partial charge in [0.1, 0.15) is 0 Å². The minimum absolute atomic E-state index is 0.274. The first kappa shape index (κ1) is 12.1. The first-order valence-electron chi connectivity index (χ1n) is 4.62. The SMILES string of the molecule is CN=C(C)C[C@H](CC(C)C)C(=O)O. The van der Waals surface area contributed by atoms with Gasteiger partial charge < -0.3 is 5.11 Å². The maximum atomic E-state index is 10.8. The minimum atomic E-state index is -0.711. The van der Waals surface area contributed by atoms with Crippen LogP contribution in [0.2, 0.25) is 0 Å². The highest BCUT2D eigenvalue weighted by atomic mass is 16.4. The van der Waals surface area contributed by atoms with Crippen LogP contribution in [0.1, 0.15) is 33.6 Å². The van der Waals surface area contributed by atoms with E-state index >= 15 is 0 Å². The summed E-state index contributed by atoms with van der Waals surface area (Å²) in [7, 11) is 1.70. The zero-order chi connectivity index (χ0) is 10.4. The smallest absolute Gasteiger partial charge is 0.306 e. The molecule has 13 heavy (non-hydrogen) atoms. The van der Waals surface area contributed by atoms with E-state index < -0.39 is 5.97 Å². The summed E-state index contributed by atoms with van der Waals surface area (Å²) in [5.74, 6) is -0.564. The summed E-state index contributed by atoms with van der Waals surface area (Å²) in [6.45, 7) is 5.94. The van der Waals surface area contributed by atoms with E-state index in [2.05, 4.69) is 4.99 Å². The Balaban J connectivity index is 4.18. The number of carboxylic acid groups (broad SMARTS) is 1. The van der Waals surface area contributed by atoms with Crippen LogP contribution < -0.4 is 0 Å². The van der Waals surface area contributed by atoms with E-state index in [9.17, 15) is 4.79 Å². The van der Waals surface area contributed by atoms with Gasteiger partial charge in [0.15, 0.2) is 0 Å². The molecule has 0 aromatic rings. The van der Waals surface area contributed by atoms with Crippen LogP contribution in [0.5, 0.6) is 0 Å². The monoisotopic (exact) mass is 185 g/mol. The molecule has 1 N–H and O–H groups in total. The Morgan fingerprint density at radius 2 is 2.00 bits per heavy atom. The van der Waals surface area contributed by atoms with E-state index in [-0.39, 0.29) is 5.92 Å². The molecule has 76 valence electrons. The fourth-order valence-electron chi connectivity index (χ4n) is 1.29. The number of carbonyl (C=O) groups is 1. The number of aliphatic imine (C=N–C) groups is 1. The van der Waals surface area contributed by atoms with Crippen molar-refractivity contribution in [3.8, 4) is 0 Å². The summed E-state index contributed by atoms with van der Waals surface area (Å²) in [5.41, 5.74) is 0.910. The van der Waals surface area contributed by atoms with Crippen molar-refractivity contribution in [2.45, 2.75) is 33.6 Å². The molecule has 0 amide bonds. The molecule has 0 fully saturated rings. The van der Waals surface area contributed by atoms with Gasteiger partial charge in [-0.2, -0.15) is 0 Å². The van der Waals surface area contributed by atoms with Gasteiger partial charge in [0, 0.05) is 12.8 Å². The van der Waals surface area contributed by atoms with Crippen molar-refractivity contribution in [3.63, 3.8) is 0 Å². The maximum absolute atomic E-state index is 10.8. The van der Waals surface area contributed by atoms with Crippen LogP contribution >= 0.6 is 0 Å². The molecule has 0 aliphatic rings. The zero-order valence-corrected chi connectivity index (χ0v) is 8.87. The van der Waals surface area contributed by atoms with E-state index in [4.69, 9.17) is 5.11 Å². The second-order valence-electron chi connectivity index (χ2n) is 3.83. The molecular formula is C10H19NO2. The summed E-state index contributed by atoms with van der Waals surface area (Å²) in [6, 6.07) is 0. The molecule has 1 atom stereocenters. The zero-order valence-electron chi connectivity index (χ0n) is 8.87. The van der Waals surface area contributed by atoms with Crippen molar-refractivity contribution in [2.24, 2.45) is 16.8 Å². The summed E-state index contributed by atoms with van der Waals surface area (Å²) in [5, 5.41) is 8.91. The third-order valence-electron chi connectivity index (χ3n) is 2.03. The van der Waals surface area contributed by atoms with Crippen molar-refractivity contribution in [2.75, 3.05) is 7.05 Å². The van der Waals surface area contributed by atoms with Crippen molar-refractivity contribution in [1.82, 2.24) is 0 Å². The predicted octanol–water partition coefficient (Wildman–Crippen LogP) is 2.21. The van der Waals surface area contributed by atoms with Gasteiger partial charge in [-0.05, 0) is 25.7 Å². The summed E-state index contributed by atoms with van der Waals surface area (Å²) < 4.78 is 0. The van der Waals surface area contributed by atoms with Crippen LogP contribution in [0, 0.1) is 11.8 Å². The lowest BCUT2D eigenvalue weighted by Crippen LogP contribution is -2.18. The number of nitrogens with zero attached hydrogens (tertiary/aromatic N) is 1. The minimum Gasteiger partial charge on any atom is -0.481 e. The van der Waals surface area contributed by atoms with Gasteiger partial charge >= 0.3 is 5.97 Å². The average molecular weight is 185 g/mol. The molecule has 0 bridgehead atoms. The molecule has 0 aliphatic carbocycles. The third kappa shape index (κ3) is 5.39. The summed E-state index contributed by atoms with van der Waals surface area (Å²) in [4.78, 5) is 14.8. The second-order valence-corrected chi connectivity index (χ2v) is 3.83. The fraction of sp³-hybridized carbons (Fsp3) is 0.800. The quantitative estimate of drug-likeness (QED) is 0.667. The van der Waals surface area contributed by atoms with Gasteiger partial charge in [-0.15, -0.1) is 0 Å². The Hall–Kier alpha value is -0.860. The van der Waals surface area contributed by atoms with Crippen LogP contribution in [-0.4, -0.2) is 23.8 Å². The largest absolute Gasteiger partial charge is 0.481 e. The van der Waals surface area contributed by atoms with Gasteiger partial charge in [0.25, 0.3) is 0 Å². The maximum Gasteiger partial charge on any atom is 0.306 e. The van der Waals surface area contributed by atoms with Crippen molar-refractivity contribution < 1.29 is 9.90 Å². The lowest BCUT2D eigenvalue weighted by atomic mass is 9.93. The molecular weight excluding hydrogens is 166 g/mol. The molecule has 0 aromatic heterocycles. The predicted molar refractivity (Wildman–Crippen MR) is 54.2 cm³/mol. The van der Waals surface area contributed by atoms with E-state index in [0.29, 0.717) is 12.3 Å². The Bertz CT molecular complexity index is 197. The van der Waals surface area contributed by atoms with Gasteiger partial charge in [0.2, 0.25) is 0 Å². The van der Waals surface area contributed by atoms with Crippen LogP contribution in [-0.2, 0) is 4.79 Å². The molecule has 3 nitrogen and oxygen atoms in total. The number of carboxylic acids is 1. The lowest BCUT2D eigenvalue weighted by molar-refractivity contribution is -0.142. The number of rotatable bonds is 5. The molecule has 0 aromatic carbocycles. The fourth-order valence-corrected chi connectivity index (χ4v) is 1.29. The van der Waals surface area contributed by atoms with Crippen LogP contribution in [0.4, 0.5) is 0 Å². The Labute approximate surface area is 79.9 Å². The molecule has 0 saturated carbocycles. The summed E-state index contributed by atoms with van der Waals surface area (Å²) in [6.07, 6.45) is 1.30.